The number of piperazine rings is 1. The average Bonchev–Trinajstić information content (AvgIpc) is 3.61. The highest BCUT2D eigenvalue weighted by Crippen LogP contribution is 2.30. The van der Waals surface area contributed by atoms with Crippen LogP contribution in [0.15, 0.2) is 48.9 Å². The number of hydrogen-bond donors (Lipinski definition) is 3. The van der Waals surface area contributed by atoms with Crippen LogP contribution in [0.1, 0.15) is 18.4 Å². The number of H-pyrrole nitrogens is 1. The number of imidazole rings is 1. The molecule has 3 aromatic heterocycles. The topological polar surface area (TPSA) is 104 Å². The van der Waals surface area contributed by atoms with Crippen molar-refractivity contribution in [2.24, 2.45) is 5.92 Å². The van der Waals surface area contributed by atoms with Gasteiger partial charge in [0.05, 0.1) is 23.3 Å². The van der Waals surface area contributed by atoms with Gasteiger partial charge in [0, 0.05) is 50.6 Å². The Morgan fingerprint density at radius 3 is 2.82 bits per heavy atom. The second-order valence-corrected chi connectivity index (χ2v) is 9.01. The van der Waals surface area contributed by atoms with Gasteiger partial charge in [-0.2, -0.15) is 0 Å². The van der Waals surface area contributed by atoms with E-state index in [1.807, 2.05) is 24.4 Å². The van der Waals surface area contributed by atoms with Gasteiger partial charge in [-0.1, -0.05) is 6.07 Å². The van der Waals surface area contributed by atoms with Gasteiger partial charge in [-0.15, -0.1) is 0 Å². The Hall–Kier alpha value is -3.56. The summed E-state index contributed by atoms with van der Waals surface area (Å²) in [4.78, 5) is 23.6. The lowest BCUT2D eigenvalue weighted by Gasteiger charge is -2.27. The van der Waals surface area contributed by atoms with Crippen molar-refractivity contribution in [2.45, 2.75) is 19.4 Å². The van der Waals surface area contributed by atoms with Crippen LogP contribution in [0.25, 0.3) is 22.3 Å². The molecule has 0 bridgehead atoms. The number of nitrogens with one attached hydrogen (secondary N) is 3. The van der Waals surface area contributed by atoms with Crippen LogP contribution in [0.4, 0.5) is 11.8 Å². The minimum Gasteiger partial charge on any atom is -0.477 e. The van der Waals surface area contributed by atoms with E-state index >= 15 is 0 Å². The predicted octanol–water partition coefficient (Wildman–Crippen LogP) is 3.35. The standard InChI is InChI=1S/C25H28N8O/c1-2-17(1)15-34-24-13-21(28-16-29-24)19-3-4-20-22(12-19)31-25(30-20)32-23-11-18(5-6-27-23)14-33-9-7-26-8-10-33/h3-6,11-13,16-17,26H,1-2,7-10,14-15H2,(H2,27,30,31,32). The molecule has 0 radical (unpaired) electrons. The molecule has 1 aromatic carbocycles. The summed E-state index contributed by atoms with van der Waals surface area (Å²) < 4.78 is 5.81. The van der Waals surface area contributed by atoms with E-state index in [1.165, 1.54) is 18.4 Å². The number of pyridine rings is 1. The third kappa shape index (κ3) is 5.00. The van der Waals surface area contributed by atoms with Gasteiger partial charge in [-0.25, -0.2) is 19.9 Å². The molecule has 0 spiro atoms. The zero-order chi connectivity index (χ0) is 22.7. The molecule has 4 aromatic rings. The Bertz CT molecular complexity index is 1280. The van der Waals surface area contributed by atoms with Crippen molar-refractivity contribution in [2.75, 3.05) is 38.1 Å². The Kier molecular flexibility index (Phi) is 5.78. The molecule has 174 valence electrons. The van der Waals surface area contributed by atoms with Gasteiger partial charge < -0.3 is 20.4 Å². The van der Waals surface area contributed by atoms with Crippen molar-refractivity contribution in [1.29, 1.82) is 0 Å². The van der Waals surface area contributed by atoms with Gasteiger partial charge in [0.25, 0.3) is 0 Å². The fraction of sp³-hybridized carbons (Fsp3) is 0.360. The zero-order valence-electron chi connectivity index (χ0n) is 19.0. The van der Waals surface area contributed by atoms with Crippen LogP contribution in [0.3, 0.4) is 0 Å². The quantitative estimate of drug-likeness (QED) is 0.371. The van der Waals surface area contributed by atoms with Gasteiger partial charge in [0.1, 0.15) is 12.1 Å². The molecule has 3 N–H and O–H groups in total. The number of hydrogen-bond acceptors (Lipinski definition) is 8. The molecule has 0 atom stereocenters. The number of benzene rings is 1. The zero-order valence-corrected chi connectivity index (χ0v) is 19.0. The lowest BCUT2D eigenvalue weighted by Crippen LogP contribution is -2.42. The first-order chi connectivity index (χ1) is 16.8. The molecule has 1 saturated carbocycles. The Morgan fingerprint density at radius 2 is 1.94 bits per heavy atom. The SMILES string of the molecule is c1cc(CN2CCNCC2)cc(Nc2nc3ccc(-c4cc(OCC5CC5)ncn4)cc3[nH]2)n1. The third-order valence-corrected chi connectivity index (χ3v) is 6.27. The summed E-state index contributed by atoms with van der Waals surface area (Å²) in [5.74, 6) is 2.74. The Morgan fingerprint density at radius 1 is 1.03 bits per heavy atom. The fourth-order valence-electron chi connectivity index (χ4n) is 4.18. The van der Waals surface area contributed by atoms with E-state index in [0.29, 0.717) is 17.7 Å². The maximum Gasteiger partial charge on any atom is 0.216 e. The fourth-order valence-corrected chi connectivity index (χ4v) is 4.18. The highest BCUT2D eigenvalue weighted by Gasteiger charge is 2.22. The van der Waals surface area contributed by atoms with Crippen molar-refractivity contribution in [1.82, 2.24) is 35.1 Å². The first kappa shape index (κ1) is 21.0. The minimum atomic E-state index is 0.621. The van der Waals surface area contributed by atoms with Gasteiger partial charge in [-0.05, 0) is 48.6 Å². The van der Waals surface area contributed by atoms with E-state index in [2.05, 4.69) is 58.7 Å². The van der Waals surface area contributed by atoms with Crippen LogP contribution >= 0.6 is 0 Å². The number of nitrogens with zero attached hydrogens (tertiary/aromatic N) is 5. The van der Waals surface area contributed by atoms with Gasteiger partial charge in [0.15, 0.2) is 0 Å². The monoisotopic (exact) mass is 456 g/mol. The number of ether oxygens (including phenoxy) is 1. The summed E-state index contributed by atoms with van der Waals surface area (Å²) in [7, 11) is 0. The predicted molar refractivity (Wildman–Crippen MR) is 131 cm³/mol. The molecule has 9 nitrogen and oxygen atoms in total. The van der Waals surface area contributed by atoms with Crippen LogP contribution < -0.4 is 15.4 Å². The van der Waals surface area contributed by atoms with Crippen molar-refractivity contribution in [3.63, 3.8) is 0 Å². The number of fused-ring (bicyclic) bond motifs is 1. The molecule has 1 aliphatic heterocycles. The molecule has 2 fully saturated rings. The highest BCUT2D eigenvalue weighted by molar-refractivity contribution is 5.83. The van der Waals surface area contributed by atoms with E-state index < -0.39 is 0 Å². The summed E-state index contributed by atoms with van der Waals surface area (Å²) >= 11 is 0. The normalized spacial score (nSPS) is 16.6. The maximum atomic E-state index is 5.81. The second-order valence-electron chi connectivity index (χ2n) is 9.01. The molecule has 0 amide bonds. The van der Waals surface area contributed by atoms with Crippen LogP contribution in [0.5, 0.6) is 5.88 Å². The first-order valence-corrected chi connectivity index (χ1v) is 11.9. The first-order valence-electron chi connectivity index (χ1n) is 11.9. The van der Waals surface area contributed by atoms with Crippen molar-refractivity contribution >= 4 is 22.8 Å². The third-order valence-electron chi connectivity index (χ3n) is 6.27. The summed E-state index contributed by atoms with van der Waals surface area (Å²) in [6, 6.07) is 12.1. The lowest BCUT2D eigenvalue weighted by atomic mass is 10.1. The summed E-state index contributed by atoms with van der Waals surface area (Å²) in [6.07, 6.45) is 5.90. The average molecular weight is 457 g/mol. The summed E-state index contributed by atoms with van der Waals surface area (Å²) in [5, 5.41) is 6.71. The Labute approximate surface area is 198 Å². The smallest absolute Gasteiger partial charge is 0.216 e. The van der Waals surface area contributed by atoms with Crippen molar-refractivity contribution in [3.8, 4) is 17.1 Å². The van der Waals surface area contributed by atoms with Crippen molar-refractivity contribution < 1.29 is 4.74 Å². The summed E-state index contributed by atoms with van der Waals surface area (Å²) in [5.41, 5.74) is 4.85. The summed E-state index contributed by atoms with van der Waals surface area (Å²) in [6.45, 7) is 5.88. The molecule has 4 heterocycles. The van der Waals surface area contributed by atoms with Crippen LogP contribution in [-0.4, -0.2) is 62.6 Å². The number of aromatic amines is 1. The van der Waals surface area contributed by atoms with Crippen LogP contribution in [-0.2, 0) is 6.54 Å². The van der Waals surface area contributed by atoms with Crippen molar-refractivity contribution in [3.05, 3.63) is 54.5 Å². The molecular formula is C25H28N8O. The van der Waals surface area contributed by atoms with E-state index in [9.17, 15) is 0 Å². The minimum absolute atomic E-state index is 0.621. The van der Waals surface area contributed by atoms with Gasteiger partial charge in [0.2, 0.25) is 11.8 Å². The molecule has 1 aliphatic carbocycles. The van der Waals surface area contributed by atoms with Gasteiger partial charge in [-0.3, -0.25) is 4.90 Å². The molecule has 34 heavy (non-hydrogen) atoms. The number of rotatable bonds is 8. The molecule has 1 saturated heterocycles. The molecule has 0 unspecified atom stereocenters. The molecule has 6 rings (SSSR count). The van der Waals surface area contributed by atoms with E-state index in [-0.39, 0.29) is 0 Å². The van der Waals surface area contributed by atoms with Gasteiger partial charge >= 0.3 is 0 Å². The van der Waals surface area contributed by atoms with Crippen LogP contribution in [0.2, 0.25) is 0 Å². The molecule has 2 aliphatic rings. The van der Waals surface area contributed by atoms with E-state index in [4.69, 9.17) is 4.74 Å². The molecular weight excluding hydrogens is 428 g/mol. The second kappa shape index (κ2) is 9.36. The number of anilines is 2. The van der Waals surface area contributed by atoms with E-state index in [0.717, 1.165) is 67.4 Å². The number of aromatic nitrogens is 5. The van der Waals surface area contributed by atoms with E-state index in [1.54, 1.807) is 6.33 Å². The Balaban J connectivity index is 1.17. The molecule has 9 heteroatoms. The van der Waals surface area contributed by atoms with Crippen LogP contribution in [0, 0.1) is 5.92 Å². The lowest BCUT2D eigenvalue weighted by molar-refractivity contribution is 0.233. The maximum absolute atomic E-state index is 5.81. The highest BCUT2D eigenvalue weighted by atomic mass is 16.5. The largest absolute Gasteiger partial charge is 0.477 e.